The van der Waals surface area contributed by atoms with Crippen molar-refractivity contribution in [1.29, 1.82) is 0 Å². The first-order valence-corrected chi connectivity index (χ1v) is 16.6. The van der Waals surface area contributed by atoms with Crippen LogP contribution in [0.4, 0.5) is 11.4 Å². The Hall–Kier alpha value is -4.54. The van der Waals surface area contributed by atoms with Crippen molar-refractivity contribution in [3.63, 3.8) is 0 Å². The third-order valence-electron chi connectivity index (χ3n) is 8.46. The van der Waals surface area contributed by atoms with Gasteiger partial charge in [-0.3, -0.25) is 14.5 Å². The van der Waals surface area contributed by atoms with Crippen molar-refractivity contribution in [3.8, 4) is 0 Å². The Morgan fingerprint density at radius 1 is 0.792 bits per heavy atom. The number of hydrogen-bond acceptors (Lipinski definition) is 7. The fourth-order valence-electron chi connectivity index (χ4n) is 5.82. The minimum Gasteiger partial charge on any atom is -0.397 e. The van der Waals surface area contributed by atoms with Gasteiger partial charge in [0.15, 0.2) is 6.29 Å². The maximum Gasteiger partial charge on any atom is 0.224 e. The molecule has 0 bridgehead atoms. The number of nitrogens with one attached hydrogen (secondary N) is 2. The number of amides is 2. The molecule has 9 nitrogen and oxygen atoms in total. The number of para-hydroxylation sites is 2. The Labute approximate surface area is 283 Å². The average molecular weight is 651 g/mol. The summed E-state index contributed by atoms with van der Waals surface area (Å²) in [6.45, 7) is 1.98. The molecule has 1 saturated heterocycles. The fraction of sp³-hybridized carbons (Fsp3) is 0.333. The van der Waals surface area contributed by atoms with Crippen LogP contribution in [0.5, 0.6) is 0 Å². The van der Waals surface area contributed by atoms with Crippen molar-refractivity contribution in [2.45, 2.75) is 70.3 Å². The highest BCUT2D eigenvalue weighted by molar-refractivity contribution is 5.93. The van der Waals surface area contributed by atoms with E-state index in [0.29, 0.717) is 50.0 Å². The summed E-state index contributed by atoms with van der Waals surface area (Å²) < 4.78 is 13.0. The summed E-state index contributed by atoms with van der Waals surface area (Å²) in [7, 11) is 2.11. The molecule has 4 aromatic rings. The number of carbonyl (C=O) groups excluding carboxylic acids is 2. The van der Waals surface area contributed by atoms with E-state index in [-0.39, 0.29) is 30.6 Å². The molecule has 3 atom stereocenters. The van der Waals surface area contributed by atoms with Crippen LogP contribution in [0.15, 0.2) is 103 Å². The minimum atomic E-state index is -0.546. The van der Waals surface area contributed by atoms with Gasteiger partial charge in [-0.1, -0.05) is 91.0 Å². The normalized spacial score (nSPS) is 17.6. The second-order valence-corrected chi connectivity index (χ2v) is 12.4. The SMILES string of the molecule is CN(Cc1ccccc1)CC1CC(c2ccc(CO)cc2)OC(c2ccc(CNC(=O)CCCCC(=O)Nc3ccccc3N)cc2)O1. The highest BCUT2D eigenvalue weighted by atomic mass is 16.7. The highest BCUT2D eigenvalue weighted by Gasteiger charge is 2.32. The van der Waals surface area contributed by atoms with E-state index in [1.807, 2.05) is 66.7 Å². The Morgan fingerprint density at radius 3 is 2.15 bits per heavy atom. The zero-order valence-corrected chi connectivity index (χ0v) is 27.5. The standard InChI is InChI=1S/C39H46N4O5/c1-43(25-29-9-3-2-4-10-29)26-33-23-36(31-19-17-30(27-44)18-20-31)48-39(47-33)32-21-15-28(16-22-32)24-41-37(45)13-7-8-14-38(46)42-35-12-6-5-11-34(35)40/h2-6,9-12,15-22,33,36,39,44H,7-8,13-14,23-27,40H2,1H3,(H,41,45)(H,42,46). The monoisotopic (exact) mass is 650 g/mol. The summed E-state index contributed by atoms with van der Waals surface area (Å²) >= 11 is 0. The molecule has 1 aliphatic rings. The van der Waals surface area contributed by atoms with Crippen molar-refractivity contribution in [2.24, 2.45) is 0 Å². The number of benzene rings is 4. The van der Waals surface area contributed by atoms with Gasteiger partial charge in [0, 0.05) is 44.5 Å². The lowest BCUT2D eigenvalue weighted by Crippen LogP contribution is -2.37. The van der Waals surface area contributed by atoms with Gasteiger partial charge in [-0.15, -0.1) is 0 Å². The van der Waals surface area contributed by atoms with Crippen LogP contribution in [0, 0.1) is 0 Å². The molecule has 4 aromatic carbocycles. The average Bonchev–Trinajstić information content (AvgIpc) is 3.10. The van der Waals surface area contributed by atoms with Crippen LogP contribution in [0.3, 0.4) is 0 Å². The number of carbonyl (C=O) groups is 2. The van der Waals surface area contributed by atoms with Crippen LogP contribution in [0.25, 0.3) is 0 Å². The molecular formula is C39H46N4O5. The van der Waals surface area contributed by atoms with E-state index in [0.717, 1.165) is 35.3 Å². The van der Waals surface area contributed by atoms with Gasteiger partial charge in [-0.05, 0) is 54.3 Å². The number of nitrogens with two attached hydrogens (primary N) is 1. The van der Waals surface area contributed by atoms with Crippen LogP contribution < -0.4 is 16.4 Å². The molecule has 1 aliphatic heterocycles. The Kier molecular flexibility index (Phi) is 12.7. The molecular weight excluding hydrogens is 604 g/mol. The van der Waals surface area contributed by atoms with Gasteiger partial charge in [-0.2, -0.15) is 0 Å². The quantitative estimate of drug-likeness (QED) is 0.0885. The molecule has 0 aliphatic carbocycles. The number of unbranched alkanes of at least 4 members (excludes halogenated alkanes) is 1. The number of ether oxygens (including phenoxy) is 2. The van der Waals surface area contributed by atoms with E-state index in [4.69, 9.17) is 15.2 Å². The molecule has 48 heavy (non-hydrogen) atoms. The summed E-state index contributed by atoms with van der Waals surface area (Å²) in [6, 6.07) is 33.4. The first-order valence-electron chi connectivity index (χ1n) is 16.6. The summed E-state index contributed by atoms with van der Waals surface area (Å²) in [5.74, 6) is -0.168. The third kappa shape index (κ3) is 10.5. The summed E-state index contributed by atoms with van der Waals surface area (Å²) in [4.78, 5) is 27.0. The van der Waals surface area contributed by atoms with Crippen molar-refractivity contribution in [2.75, 3.05) is 24.6 Å². The fourth-order valence-corrected chi connectivity index (χ4v) is 5.82. The third-order valence-corrected chi connectivity index (χ3v) is 8.46. The van der Waals surface area contributed by atoms with Crippen molar-refractivity contribution >= 4 is 23.2 Å². The predicted molar refractivity (Wildman–Crippen MR) is 187 cm³/mol. The molecule has 3 unspecified atom stereocenters. The zero-order chi connectivity index (χ0) is 33.7. The molecule has 252 valence electrons. The van der Waals surface area contributed by atoms with Crippen LogP contribution in [0.2, 0.25) is 0 Å². The van der Waals surface area contributed by atoms with Gasteiger partial charge in [-0.25, -0.2) is 0 Å². The number of aliphatic hydroxyl groups is 1. The van der Waals surface area contributed by atoms with Crippen molar-refractivity contribution in [1.82, 2.24) is 10.2 Å². The summed E-state index contributed by atoms with van der Waals surface area (Å²) in [5.41, 5.74) is 12.1. The predicted octanol–water partition coefficient (Wildman–Crippen LogP) is 6.25. The summed E-state index contributed by atoms with van der Waals surface area (Å²) in [6.07, 6.45) is 1.86. The molecule has 0 aromatic heterocycles. The van der Waals surface area contributed by atoms with Gasteiger partial charge in [0.2, 0.25) is 11.8 Å². The maximum absolute atomic E-state index is 12.5. The topological polar surface area (TPSA) is 126 Å². The van der Waals surface area contributed by atoms with Crippen molar-refractivity contribution < 1.29 is 24.2 Å². The Bertz CT molecular complexity index is 1600. The number of nitrogens with zero attached hydrogens (tertiary/aromatic N) is 1. The molecule has 5 rings (SSSR count). The van der Waals surface area contributed by atoms with Gasteiger partial charge in [0.05, 0.1) is 30.2 Å². The lowest BCUT2D eigenvalue weighted by molar-refractivity contribution is -0.252. The van der Waals surface area contributed by atoms with Crippen LogP contribution in [-0.4, -0.2) is 41.5 Å². The lowest BCUT2D eigenvalue weighted by atomic mass is 9.99. The molecule has 0 radical (unpaired) electrons. The zero-order valence-electron chi connectivity index (χ0n) is 27.5. The smallest absolute Gasteiger partial charge is 0.224 e. The minimum absolute atomic E-state index is 0.00141. The van der Waals surface area contributed by atoms with Gasteiger partial charge < -0.3 is 30.9 Å². The Balaban J connectivity index is 1.11. The van der Waals surface area contributed by atoms with E-state index >= 15 is 0 Å². The Morgan fingerprint density at radius 2 is 1.44 bits per heavy atom. The molecule has 0 spiro atoms. The highest BCUT2D eigenvalue weighted by Crippen LogP contribution is 2.38. The first-order chi connectivity index (χ1) is 23.4. The largest absolute Gasteiger partial charge is 0.397 e. The molecule has 2 amide bonds. The van der Waals surface area contributed by atoms with Crippen LogP contribution in [-0.2, 0) is 38.8 Å². The second-order valence-electron chi connectivity index (χ2n) is 12.4. The van der Waals surface area contributed by atoms with Gasteiger partial charge >= 0.3 is 0 Å². The molecule has 5 N–H and O–H groups in total. The number of rotatable bonds is 15. The second kappa shape index (κ2) is 17.6. The van der Waals surface area contributed by atoms with E-state index in [2.05, 4.69) is 46.8 Å². The summed E-state index contributed by atoms with van der Waals surface area (Å²) in [5, 5.41) is 15.3. The number of hydrogen-bond donors (Lipinski definition) is 4. The van der Waals surface area contributed by atoms with E-state index in [9.17, 15) is 14.7 Å². The van der Waals surface area contributed by atoms with Gasteiger partial charge in [0.25, 0.3) is 0 Å². The van der Waals surface area contributed by atoms with E-state index < -0.39 is 6.29 Å². The van der Waals surface area contributed by atoms with Gasteiger partial charge in [0.1, 0.15) is 0 Å². The lowest BCUT2D eigenvalue weighted by Gasteiger charge is -2.38. The van der Waals surface area contributed by atoms with Crippen LogP contribution >= 0.6 is 0 Å². The number of anilines is 2. The van der Waals surface area contributed by atoms with Crippen LogP contribution in [0.1, 0.15) is 72.3 Å². The first kappa shape index (κ1) is 34.8. The van der Waals surface area contributed by atoms with Crippen molar-refractivity contribution in [3.05, 3.63) is 131 Å². The number of aliphatic hydroxyl groups excluding tert-OH is 1. The molecule has 0 saturated carbocycles. The van der Waals surface area contributed by atoms with E-state index in [1.165, 1.54) is 5.56 Å². The van der Waals surface area contributed by atoms with E-state index in [1.54, 1.807) is 12.1 Å². The number of nitrogen functional groups attached to an aromatic ring is 1. The number of likely N-dealkylation sites (N-methyl/N-ethyl adjacent to an activating group) is 1. The molecule has 1 heterocycles. The maximum atomic E-state index is 12.5. The molecule has 9 heteroatoms. The molecule has 1 fully saturated rings.